The van der Waals surface area contributed by atoms with Gasteiger partial charge < -0.3 is 40.3 Å². The summed E-state index contributed by atoms with van der Waals surface area (Å²) in [6.45, 7) is 3.21. The first-order valence-corrected chi connectivity index (χ1v) is 26.8. The number of carbonyl (C=O) groups excluding carboxylic acids is 1. The Morgan fingerprint density at radius 1 is 0.625 bits per heavy atom. The molecule has 1 heterocycles. The molecule has 0 aromatic carbocycles. The minimum absolute atomic E-state index is 0.230. The van der Waals surface area contributed by atoms with E-state index in [1.54, 1.807) is 6.08 Å². The fourth-order valence-corrected chi connectivity index (χ4v) is 8.45. The highest BCUT2D eigenvalue weighted by molar-refractivity contribution is 7.80. The molecule has 1 fully saturated rings. The van der Waals surface area contributed by atoms with E-state index < -0.39 is 78.5 Å². The van der Waals surface area contributed by atoms with Crippen LogP contribution in [0.2, 0.25) is 0 Å². The molecule has 376 valence electrons. The molecular formula is C50H93NO12S. The zero-order valence-electron chi connectivity index (χ0n) is 40.0. The van der Waals surface area contributed by atoms with Gasteiger partial charge in [-0.25, -0.2) is 4.18 Å². The average molecular weight is 932 g/mol. The molecule has 0 aliphatic carbocycles. The number of rotatable bonds is 43. The van der Waals surface area contributed by atoms with Gasteiger partial charge in [0.25, 0.3) is 0 Å². The third kappa shape index (κ3) is 32.1. The molecule has 0 radical (unpaired) electrons. The Morgan fingerprint density at radius 2 is 1.05 bits per heavy atom. The molecular weight excluding hydrogens is 839 g/mol. The lowest BCUT2D eigenvalue weighted by Crippen LogP contribution is -2.61. The predicted molar refractivity (Wildman–Crippen MR) is 256 cm³/mol. The summed E-state index contributed by atoms with van der Waals surface area (Å²) in [5.41, 5.74) is 0. The van der Waals surface area contributed by atoms with Crippen molar-refractivity contribution in [2.45, 2.75) is 262 Å². The Morgan fingerprint density at radius 3 is 1.50 bits per heavy atom. The molecule has 0 aromatic heterocycles. The zero-order chi connectivity index (χ0) is 47.1. The van der Waals surface area contributed by atoms with Gasteiger partial charge in [-0.2, -0.15) is 8.42 Å². The van der Waals surface area contributed by atoms with Gasteiger partial charge in [-0.15, -0.1) is 0 Å². The molecule has 64 heavy (non-hydrogen) atoms. The van der Waals surface area contributed by atoms with Crippen LogP contribution < -0.4 is 5.32 Å². The molecule has 1 aliphatic heterocycles. The van der Waals surface area contributed by atoms with Crippen molar-refractivity contribution in [1.29, 1.82) is 0 Å². The van der Waals surface area contributed by atoms with E-state index in [1.807, 2.05) is 0 Å². The first-order chi connectivity index (χ1) is 30.9. The van der Waals surface area contributed by atoms with Gasteiger partial charge in [0.1, 0.15) is 30.5 Å². The van der Waals surface area contributed by atoms with Crippen molar-refractivity contribution >= 4 is 16.3 Å². The first-order valence-electron chi connectivity index (χ1n) is 25.5. The number of aliphatic hydroxyl groups is 5. The topological polar surface area (TPSA) is 212 Å². The molecule has 0 saturated carbocycles. The third-order valence-corrected chi connectivity index (χ3v) is 12.5. The van der Waals surface area contributed by atoms with E-state index in [4.69, 9.17) is 9.47 Å². The largest absolute Gasteiger partial charge is 0.397 e. The second kappa shape index (κ2) is 40.4. The molecule has 8 atom stereocenters. The van der Waals surface area contributed by atoms with E-state index in [0.29, 0.717) is 12.8 Å². The summed E-state index contributed by atoms with van der Waals surface area (Å²) < 4.78 is 47.6. The highest BCUT2D eigenvalue weighted by Crippen LogP contribution is 2.26. The van der Waals surface area contributed by atoms with Gasteiger partial charge in [-0.3, -0.25) is 9.35 Å². The van der Waals surface area contributed by atoms with Gasteiger partial charge in [0.15, 0.2) is 6.29 Å². The van der Waals surface area contributed by atoms with E-state index in [1.165, 1.54) is 122 Å². The second-order valence-corrected chi connectivity index (χ2v) is 18.9. The van der Waals surface area contributed by atoms with Crippen LogP contribution >= 0.6 is 0 Å². The maximum atomic E-state index is 13.1. The molecule has 13 nitrogen and oxygen atoms in total. The fourth-order valence-electron chi connectivity index (χ4n) is 7.94. The van der Waals surface area contributed by atoms with Gasteiger partial charge in [-0.1, -0.05) is 192 Å². The van der Waals surface area contributed by atoms with E-state index in [2.05, 4.69) is 47.7 Å². The molecule has 1 amide bonds. The summed E-state index contributed by atoms with van der Waals surface area (Å²) in [6, 6.07) is -1.14. The number of aliphatic hydroxyl groups excluding tert-OH is 5. The van der Waals surface area contributed by atoms with Crippen LogP contribution in [0.4, 0.5) is 0 Å². The monoisotopic (exact) mass is 932 g/mol. The fraction of sp³-hybridized carbons (Fsp3) is 0.860. The van der Waals surface area contributed by atoms with Crippen LogP contribution in [0.15, 0.2) is 36.5 Å². The van der Waals surface area contributed by atoms with Gasteiger partial charge in [-0.05, 0) is 57.8 Å². The minimum Gasteiger partial charge on any atom is -0.394 e. The van der Waals surface area contributed by atoms with E-state index >= 15 is 0 Å². The number of hydrogen-bond acceptors (Lipinski definition) is 11. The molecule has 7 N–H and O–H groups in total. The van der Waals surface area contributed by atoms with E-state index in [0.717, 1.165) is 64.2 Å². The summed E-state index contributed by atoms with van der Waals surface area (Å²) in [4.78, 5) is 13.1. The van der Waals surface area contributed by atoms with Crippen LogP contribution in [-0.2, 0) is 28.9 Å². The minimum atomic E-state index is -5.12. The maximum absolute atomic E-state index is 13.1. The van der Waals surface area contributed by atoms with Crippen molar-refractivity contribution in [3.63, 3.8) is 0 Å². The molecule has 0 spiro atoms. The Kier molecular flexibility index (Phi) is 38.0. The smallest absolute Gasteiger partial charge is 0.394 e. The summed E-state index contributed by atoms with van der Waals surface area (Å²) in [5.74, 6) is -0.716. The molecule has 1 saturated heterocycles. The van der Waals surface area contributed by atoms with Crippen LogP contribution in [0.3, 0.4) is 0 Å². The summed E-state index contributed by atoms with van der Waals surface area (Å²) in [6.07, 6.45) is 36.5. The van der Waals surface area contributed by atoms with Crippen molar-refractivity contribution in [1.82, 2.24) is 5.32 Å². The van der Waals surface area contributed by atoms with Crippen molar-refractivity contribution in [2.24, 2.45) is 0 Å². The number of unbranched alkanes of at least 4 members (excludes halogenated alkanes) is 26. The lowest BCUT2D eigenvalue weighted by Gasteiger charge is -2.41. The summed E-state index contributed by atoms with van der Waals surface area (Å²) in [5, 5.41) is 55.3. The Labute approximate surface area is 388 Å². The highest BCUT2D eigenvalue weighted by Gasteiger charge is 2.48. The van der Waals surface area contributed by atoms with Crippen LogP contribution in [0.25, 0.3) is 0 Å². The highest BCUT2D eigenvalue weighted by atomic mass is 32.3. The van der Waals surface area contributed by atoms with Crippen molar-refractivity contribution < 1.29 is 57.0 Å². The van der Waals surface area contributed by atoms with Crippen LogP contribution in [0.1, 0.15) is 213 Å². The van der Waals surface area contributed by atoms with Crippen LogP contribution in [0.5, 0.6) is 0 Å². The molecule has 14 heteroatoms. The Balaban J connectivity index is 2.53. The number of ether oxygens (including phenoxy) is 2. The lowest BCUT2D eigenvalue weighted by atomic mass is 9.99. The van der Waals surface area contributed by atoms with E-state index in [-0.39, 0.29) is 6.42 Å². The molecule has 0 aromatic rings. The number of nitrogens with one attached hydrogen (secondary N) is 1. The maximum Gasteiger partial charge on any atom is 0.397 e. The number of allylic oxidation sites excluding steroid dienone is 5. The summed E-state index contributed by atoms with van der Waals surface area (Å²) >= 11 is 0. The van der Waals surface area contributed by atoms with Crippen LogP contribution in [0, 0.1) is 0 Å². The SMILES string of the molecule is CCCCCCCCCCC/C=C/CC/C=C/C(O)C(COC1OC(CO)C(O)C(OS(=O)(=O)O)C1O)NC(=O)C(O)CCCCCCCC/C=C\CCCCCCCCCCCC. The molecule has 0 bridgehead atoms. The van der Waals surface area contributed by atoms with Crippen molar-refractivity contribution in [3.8, 4) is 0 Å². The third-order valence-electron chi connectivity index (χ3n) is 12.0. The number of carbonyl (C=O) groups is 1. The van der Waals surface area contributed by atoms with Crippen molar-refractivity contribution in [3.05, 3.63) is 36.5 Å². The van der Waals surface area contributed by atoms with Gasteiger partial charge >= 0.3 is 10.4 Å². The normalized spacial score (nSPS) is 21.0. The van der Waals surface area contributed by atoms with Crippen molar-refractivity contribution in [2.75, 3.05) is 13.2 Å². The summed E-state index contributed by atoms with van der Waals surface area (Å²) in [7, 11) is -5.12. The van der Waals surface area contributed by atoms with E-state index in [9.17, 15) is 43.3 Å². The lowest BCUT2D eigenvalue weighted by molar-refractivity contribution is -0.298. The quantitative estimate of drug-likeness (QED) is 0.0173. The van der Waals surface area contributed by atoms with Gasteiger partial charge in [0, 0.05) is 0 Å². The van der Waals surface area contributed by atoms with Gasteiger partial charge in [0.05, 0.1) is 25.4 Å². The molecule has 1 rings (SSSR count). The average Bonchev–Trinajstić information content (AvgIpc) is 3.27. The first kappa shape index (κ1) is 60.3. The molecule has 1 aliphatic rings. The Bertz CT molecular complexity index is 1300. The predicted octanol–water partition coefficient (Wildman–Crippen LogP) is 9.64. The van der Waals surface area contributed by atoms with Gasteiger partial charge in [0.2, 0.25) is 5.91 Å². The molecule has 8 unspecified atom stereocenters. The number of amides is 1. The zero-order valence-corrected chi connectivity index (χ0v) is 40.8. The second-order valence-electron chi connectivity index (χ2n) is 17.9. The Hall–Kier alpha value is -1.72. The standard InChI is InChI=1S/C50H93NO12S/c1-3-5-7-9-11-13-15-17-19-20-21-22-23-25-27-29-31-33-35-37-39-44(54)49(57)51-42(41-61-50-47(56)48(63-64(58,59)60)46(55)45(40-52)62-50)43(53)38-36-34-32-30-28-26-24-18-16-14-12-10-8-6-4-2/h22-23,28,30,36,38,42-48,50,52-56H,3-21,24-27,29,31-35,37,39-41H2,1-2H3,(H,51,57)(H,58,59,60)/b23-22-,30-28+,38-36+. The number of hydrogen-bond donors (Lipinski definition) is 7. The van der Waals surface area contributed by atoms with Crippen LogP contribution in [-0.4, -0.2) is 107 Å².